The highest BCUT2D eigenvalue weighted by atomic mass is 32.1. The number of nitrogens with one attached hydrogen (secondary N) is 4. The number of anilines is 8. The van der Waals surface area contributed by atoms with Crippen molar-refractivity contribution in [3.05, 3.63) is 346 Å². The van der Waals surface area contributed by atoms with Crippen LogP contribution in [-0.2, 0) is 0 Å². The lowest BCUT2D eigenvalue weighted by atomic mass is 10.1. The van der Waals surface area contributed by atoms with E-state index in [-0.39, 0.29) is 0 Å². The SMILES string of the molecule is c1ccc(-c2ccc(Nc3ccc4c(c3)sc3ccccc34)cc2)cc1.c1ccc(Nc2ccc3c(c2)sc2ccccc23)cc1.c1ccc2c(Nc3ccc4c(c3)sc3ccccc34)cccc2c1.c1cncc(-c2ccc(Nc3ccc4oc5ccccc5c4c3)cc2)c1. The van der Waals surface area contributed by atoms with Crippen molar-refractivity contribution in [3.8, 4) is 22.3 Å². The Balaban J connectivity index is 0.000000101. The molecule has 19 rings (SSSR count). The van der Waals surface area contributed by atoms with Gasteiger partial charge in [-0.25, -0.2) is 0 Å². The van der Waals surface area contributed by atoms with E-state index in [1.165, 1.54) is 82.4 Å². The van der Waals surface area contributed by atoms with E-state index < -0.39 is 0 Å². The van der Waals surface area contributed by atoms with Crippen molar-refractivity contribution in [2.45, 2.75) is 0 Å². The third-order valence-corrected chi connectivity index (χ3v) is 20.5. The number of benzene rings is 14. The second-order valence-corrected chi connectivity index (χ2v) is 26.6. The Bertz CT molecular complexity index is 5890. The van der Waals surface area contributed by atoms with Crippen LogP contribution in [0.25, 0.3) is 115 Å². The molecule has 0 saturated heterocycles. The molecule has 9 heteroatoms. The molecule has 96 heavy (non-hydrogen) atoms. The first-order valence-corrected chi connectivity index (χ1v) is 34.4. The Morgan fingerprint density at radius 3 is 1.17 bits per heavy atom. The van der Waals surface area contributed by atoms with Crippen LogP contribution in [0, 0.1) is 0 Å². The van der Waals surface area contributed by atoms with Gasteiger partial charge >= 0.3 is 0 Å². The Morgan fingerprint density at radius 2 is 0.615 bits per heavy atom. The Morgan fingerprint density at radius 1 is 0.229 bits per heavy atom. The summed E-state index contributed by atoms with van der Waals surface area (Å²) in [6, 6.07) is 117. The highest BCUT2D eigenvalue weighted by Gasteiger charge is 2.12. The summed E-state index contributed by atoms with van der Waals surface area (Å²) in [5, 5.41) is 26.8. The molecule has 0 amide bonds. The topological polar surface area (TPSA) is 74.2 Å². The number of aromatic nitrogens is 1. The number of thiophene rings is 3. The first-order chi connectivity index (χ1) is 47.5. The maximum absolute atomic E-state index is 5.89. The van der Waals surface area contributed by atoms with E-state index >= 15 is 0 Å². The zero-order valence-electron chi connectivity index (χ0n) is 52.0. The molecule has 0 aliphatic rings. The molecule has 0 spiro atoms. The van der Waals surface area contributed by atoms with Crippen molar-refractivity contribution in [1.82, 2.24) is 4.98 Å². The largest absolute Gasteiger partial charge is 0.456 e. The molecule has 5 heterocycles. The fraction of sp³-hybridized carbons (Fsp3) is 0. The van der Waals surface area contributed by atoms with Gasteiger partial charge in [0.25, 0.3) is 0 Å². The summed E-state index contributed by atoms with van der Waals surface area (Å²) in [6.45, 7) is 0. The number of nitrogens with zero attached hydrogens (tertiary/aromatic N) is 1. The van der Waals surface area contributed by atoms with Gasteiger partial charge in [-0.05, 0) is 155 Å². The minimum Gasteiger partial charge on any atom is -0.456 e. The van der Waals surface area contributed by atoms with Crippen LogP contribution in [0.15, 0.2) is 350 Å². The molecule has 0 saturated carbocycles. The summed E-state index contributed by atoms with van der Waals surface area (Å²) >= 11 is 5.54. The van der Waals surface area contributed by atoms with E-state index in [0.717, 1.165) is 78.6 Å². The number of para-hydroxylation sites is 2. The molecule has 0 bridgehead atoms. The number of hydrogen-bond acceptors (Lipinski definition) is 9. The summed E-state index contributed by atoms with van der Waals surface area (Å²) < 4.78 is 13.9. The first-order valence-electron chi connectivity index (χ1n) is 31.9. The molecule has 0 unspecified atom stereocenters. The average Bonchev–Trinajstić information content (AvgIpc) is 1.64. The normalized spacial score (nSPS) is 11.1. The number of pyridine rings is 1. The maximum atomic E-state index is 5.89. The van der Waals surface area contributed by atoms with Crippen molar-refractivity contribution < 1.29 is 4.42 Å². The number of furan rings is 1. The highest BCUT2D eigenvalue weighted by molar-refractivity contribution is 7.26. The van der Waals surface area contributed by atoms with Gasteiger partial charge in [0.15, 0.2) is 0 Å². The molecular weight excluding hydrogens is 1230 g/mol. The lowest BCUT2D eigenvalue weighted by molar-refractivity contribution is 0.669. The fourth-order valence-corrected chi connectivity index (χ4v) is 15.8. The smallest absolute Gasteiger partial charge is 0.135 e. The van der Waals surface area contributed by atoms with E-state index in [1.54, 1.807) is 6.20 Å². The van der Waals surface area contributed by atoms with Crippen LogP contribution in [0.4, 0.5) is 45.5 Å². The number of fused-ring (bicyclic) bond motifs is 13. The van der Waals surface area contributed by atoms with Crippen molar-refractivity contribution in [2.75, 3.05) is 21.3 Å². The molecule has 0 atom stereocenters. The molecule has 0 aliphatic carbocycles. The summed E-state index contributed by atoms with van der Waals surface area (Å²) in [6.07, 6.45) is 3.66. The van der Waals surface area contributed by atoms with E-state index in [4.69, 9.17) is 4.42 Å². The molecular formula is C87H61N5OS3. The standard InChI is InChI=1S/C24H17NS.C23H16N2O.C22H15NS.C18H13NS/c1-2-6-17(7-3-1)18-10-12-19(13-11-18)25-20-14-15-22-21-8-4-5-9-23(21)26-24(22)16-20;1-2-6-22-20(5-1)21-14-19(11-12-23(21)26-22)25-18-9-7-16(8-10-18)17-4-3-13-24-15-17;1-2-8-17-15(6-1)7-5-10-20(17)23-16-12-13-19-18-9-3-4-11-21(18)24-22(19)14-16;1-2-6-13(7-3-1)19-14-10-11-16-15-8-4-5-9-17(15)20-18(16)12-14/h1-16,25H;1-15,25H;1-14,23H;1-12,19H. The Labute approximate surface area is 567 Å². The van der Waals surface area contributed by atoms with E-state index in [1.807, 2.05) is 101 Å². The number of rotatable bonds is 10. The molecule has 0 radical (unpaired) electrons. The van der Waals surface area contributed by atoms with Crippen LogP contribution in [0.2, 0.25) is 0 Å². The van der Waals surface area contributed by atoms with Gasteiger partial charge in [0, 0.05) is 135 Å². The molecule has 4 N–H and O–H groups in total. The van der Waals surface area contributed by atoms with Crippen LogP contribution < -0.4 is 21.3 Å². The predicted molar refractivity (Wildman–Crippen MR) is 417 cm³/mol. The average molecular weight is 1290 g/mol. The van der Waals surface area contributed by atoms with Crippen LogP contribution in [0.5, 0.6) is 0 Å². The minimum absolute atomic E-state index is 0.906. The molecule has 0 fully saturated rings. The van der Waals surface area contributed by atoms with Gasteiger partial charge in [0.05, 0.1) is 0 Å². The highest BCUT2D eigenvalue weighted by Crippen LogP contribution is 2.40. The van der Waals surface area contributed by atoms with Crippen molar-refractivity contribution in [3.63, 3.8) is 0 Å². The van der Waals surface area contributed by atoms with Crippen LogP contribution >= 0.6 is 34.0 Å². The summed E-state index contributed by atoms with van der Waals surface area (Å²) in [5.41, 5.74) is 15.4. The van der Waals surface area contributed by atoms with Gasteiger partial charge in [-0.15, -0.1) is 34.0 Å². The third kappa shape index (κ3) is 12.9. The van der Waals surface area contributed by atoms with Crippen LogP contribution in [-0.4, -0.2) is 4.98 Å². The molecule has 5 aromatic heterocycles. The lowest BCUT2D eigenvalue weighted by Gasteiger charge is -2.10. The predicted octanol–water partition coefficient (Wildman–Crippen LogP) is 26.6. The first kappa shape index (κ1) is 59.2. The molecule has 458 valence electrons. The minimum atomic E-state index is 0.906. The van der Waals surface area contributed by atoms with E-state index in [9.17, 15) is 0 Å². The zero-order chi connectivity index (χ0) is 64.0. The quantitative estimate of drug-likeness (QED) is 0.109. The van der Waals surface area contributed by atoms with Gasteiger partial charge in [-0.3, -0.25) is 4.98 Å². The summed E-state index contributed by atoms with van der Waals surface area (Å²) in [7, 11) is 0. The van der Waals surface area contributed by atoms with Crippen LogP contribution in [0.1, 0.15) is 0 Å². The molecule has 19 aromatic rings. The third-order valence-electron chi connectivity index (χ3n) is 17.1. The molecule has 6 nitrogen and oxygen atoms in total. The fourth-order valence-electron chi connectivity index (χ4n) is 12.4. The van der Waals surface area contributed by atoms with Crippen molar-refractivity contribution in [2.24, 2.45) is 0 Å². The summed E-state index contributed by atoms with van der Waals surface area (Å²) in [5.74, 6) is 0. The van der Waals surface area contributed by atoms with Gasteiger partial charge in [-0.1, -0.05) is 206 Å². The maximum Gasteiger partial charge on any atom is 0.135 e. The van der Waals surface area contributed by atoms with Gasteiger partial charge in [0.2, 0.25) is 0 Å². The van der Waals surface area contributed by atoms with E-state index in [0.29, 0.717) is 0 Å². The summed E-state index contributed by atoms with van der Waals surface area (Å²) in [4.78, 5) is 4.18. The van der Waals surface area contributed by atoms with Gasteiger partial charge < -0.3 is 25.7 Å². The monoisotopic (exact) mass is 1290 g/mol. The Kier molecular flexibility index (Phi) is 16.6. The molecule has 14 aromatic carbocycles. The zero-order valence-corrected chi connectivity index (χ0v) is 54.4. The van der Waals surface area contributed by atoms with E-state index in [2.05, 4.69) is 299 Å². The lowest BCUT2D eigenvalue weighted by Crippen LogP contribution is -1.90. The van der Waals surface area contributed by atoms with Crippen molar-refractivity contribution in [1.29, 1.82) is 0 Å². The van der Waals surface area contributed by atoms with Gasteiger partial charge in [-0.2, -0.15) is 0 Å². The van der Waals surface area contributed by atoms with Crippen LogP contribution in [0.3, 0.4) is 0 Å². The van der Waals surface area contributed by atoms with Crippen molar-refractivity contribution >= 4 is 173 Å². The number of hydrogen-bond donors (Lipinski definition) is 4. The molecule has 0 aliphatic heterocycles. The van der Waals surface area contributed by atoms with Gasteiger partial charge in [0.1, 0.15) is 11.2 Å². The Hall–Kier alpha value is -11.9. The second kappa shape index (κ2) is 27.0. The second-order valence-electron chi connectivity index (χ2n) is 23.4.